The zero-order chi connectivity index (χ0) is 12.4. The molecule has 0 heterocycles. The summed E-state index contributed by atoms with van der Waals surface area (Å²) in [5.41, 5.74) is 5.47. The summed E-state index contributed by atoms with van der Waals surface area (Å²) in [4.78, 5) is 11.9. The van der Waals surface area contributed by atoms with E-state index < -0.39 is 5.54 Å². The number of thioether (sulfide) groups is 1. The molecule has 1 fully saturated rings. The Kier molecular flexibility index (Phi) is 4.29. The number of rotatable bonds is 5. The first-order valence-electron chi connectivity index (χ1n) is 5.89. The van der Waals surface area contributed by atoms with E-state index in [-0.39, 0.29) is 10.7 Å². The Balaban J connectivity index is 2.61. The summed E-state index contributed by atoms with van der Waals surface area (Å²) in [7, 11) is 0. The number of nitrogens with two attached hydrogens (primary N) is 1. The first-order valence-corrected chi connectivity index (χ1v) is 6.88. The van der Waals surface area contributed by atoms with Crippen molar-refractivity contribution in [1.82, 2.24) is 0 Å². The third kappa shape index (κ3) is 3.67. The first kappa shape index (κ1) is 13.8. The van der Waals surface area contributed by atoms with Gasteiger partial charge in [0.15, 0.2) is 0 Å². The van der Waals surface area contributed by atoms with Crippen molar-refractivity contribution in [2.24, 2.45) is 11.7 Å². The molecule has 1 rings (SSSR count). The maximum atomic E-state index is 11.9. The lowest BCUT2D eigenvalue weighted by molar-refractivity contribution is -0.149. The van der Waals surface area contributed by atoms with Crippen LogP contribution in [0.3, 0.4) is 0 Å². The Morgan fingerprint density at radius 3 is 2.38 bits per heavy atom. The lowest BCUT2D eigenvalue weighted by Crippen LogP contribution is -2.54. The van der Waals surface area contributed by atoms with E-state index in [1.807, 2.05) is 6.92 Å². The molecule has 16 heavy (non-hydrogen) atoms. The number of carbonyl (C=O) groups is 1. The maximum absolute atomic E-state index is 11.9. The topological polar surface area (TPSA) is 52.3 Å². The van der Waals surface area contributed by atoms with Crippen LogP contribution in [0.4, 0.5) is 0 Å². The minimum atomic E-state index is -0.770. The summed E-state index contributed by atoms with van der Waals surface area (Å²) in [6, 6.07) is 0. The van der Waals surface area contributed by atoms with Crippen LogP contribution >= 0.6 is 11.8 Å². The van der Waals surface area contributed by atoms with Crippen molar-refractivity contribution < 1.29 is 9.53 Å². The SMILES string of the molecule is CCOC(=O)C(N)(CSC(C)(C)C)C1CC1. The van der Waals surface area contributed by atoms with Crippen LogP contribution in [0, 0.1) is 5.92 Å². The summed E-state index contributed by atoms with van der Waals surface area (Å²) in [6.45, 7) is 8.63. The van der Waals surface area contributed by atoms with Crippen LogP contribution < -0.4 is 5.73 Å². The molecule has 0 aromatic heterocycles. The molecule has 0 spiro atoms. The van der Waals surface area contributed by atoms with E-state index in [9.17, 15) is 4.79 Å². The monoisotopic (exact) mass is 245 g/mol. The Morgan fingerprint density at radius 2 is 2.00 bits per heavy atom. The van der Waals surface area contributed by atoms with Gasteiger partial charge in [-0.1, -0.05) is 20.8 Å². The van der Waals surface area contributed by atoms with Gasteiger partial charge < -0.3 is 10.5 Å². The van der Waals surface area contributed by atoms with Crippen molar-refractivity contribution >= 4 is 17.7 Å². The molecule has 0 aromatic carbocycles. The third-order valence-electron chi connectivity index (χ3n) is 2.71. The number of carbonyl (C=O) groups excluding carboxylic acids is 1. The van der Waals surface area contributed by atoms with Gasteiger partial charge in [-0.25, -0.2) is 0 Å². The van der Waals surface area contributed by atoms with Crippen LogP contribution in [0.15, 0.2) is 0 Å². The summed E-state index contributed by atoms with van der Waals surface area (Å²) in [5.74, 6) is 0.746. The van der Waals surface area contributed by atoms with E-state index >= 15 is 0 Å². The number of ether oxygens (including phenoxy) is 1. The minimum absolute atomic E-state index is 0.131. The van der Waals surface area contributed by atoms with Gasteiger partial charge in [0, 0.05) is 10.5 Å². The predicted octanol–water partition coefficient (Wildman–Crippen LogP) is 2.19. The number of hydrogen-bond acceptors (Lipinski definition) is 4. The lowest BCUT2D eigenvalue weighted by atomic mass is 9.97. The van der Waals surface area contributed by atoms with E-state index in [0.717, 1.165) is 12.8 Å². The maximum Gasteiger partial charge on any atom is 0.327 e. The van der Waals surface area contributed by atoms with Gasteiger partial charge in [-0.05, 0) is 25.7 Å². The van der Waals surface area contributed by atoms with Crippen molar-refractivity contribution in [3.8, 4) is 0 Å². The number of esters is 1. The standard InChI is InChI=1S/C12H23NO2S/c1-5-15-10(14)12(13,9-6-7-9)8-16-11(2,3)4/h9H,5-8,13H2,1-4H3. The summed E-state index contributed by atoms with van der Waals surface area (Å²) >= 11 is 1.74. The predicted molar refractivity (Wildman–Crippen MR) is 68.5 cm³/mol. The molecule has 4 heteroatoms. The summed E-state index contributed by atoms with van der Waals surface area (Å²) in [6.07, 6.45) is 2.11. The fourth-order valence-electron chi connectivity index (χ4n) is 1.54. The molecule has 1 unspecified atom stereocenters. The molecule has 0 amide bonds. The van der Waals surface area contributed by atoms with E-state index in [1.165, 1.54) is 0 Å². The van der Waals surface area contributed by atoms with Gasteiger partial charge in [0.25, 0.3) is 0 Å². The summed E-state index contributed by atoms with van der Waals surface area (Å²) in [5, 5.41) is 0. The molecule has 0 saturated heterocycles. The van der Waals surface area contributed by atoms with Crippen molar-refractivity contribution in [3.63, 3.8) is 0 Å². The highest BCUT2D eigenvalue weighted by atomic mass is 32.2. The Hall–Kier alpha value is -0.220. The lowest BCUT2D eigenvalue weighted by Gasteiger charge is -2.30. The van der Waals surface area contributed by atoms with Gasteiger partial charge in [-0.15, -0.1) is 0 Å². The van der Waals surface area contributed by atoms with Gasteiger partial charge in [-0.3, -0.25) is 4.79 Å². The molecule has 94 valence electrons. The fraction of sp³-hybridized carbons (Fsp3) is 0.917. The Bertz CT molecular complexity index is 258. The van der Waals surface area contributed by atoms with E-state index in [2.05, 4.69) is 20.8 Å². The fourth-order valence-corrected chi connectivity index (χ4v) is 2.57. The average Bonchev–Trinajstić information content (AvgIpc) is 2.96. The van der Waals surface area contributed by atoms with Crippen molar-refractivity contribution in [2.45, 2.75) is 50.8 Å². The van der Waals surface area contributed by atoms with E-state index in [0.29, 0.717) is 18.3 Å². The number of hydrogen-bond donors (Lipinski definition) is 1. The molecule has 1 saturated carbocycles. The average molecular weight is 245 g/mol. The Labute approximate surface area is 102 Å². The second kappa shape index (κ2) is 4.96. The zero-order valence-corrected chi connectivity index (χ0v) is 11.5. The van der Waals surface area contributed by atoms with Gasteiger partial charge in [0.05, 0.1) is 6.61 Å². The Morgan fingerprint density at radius 1 is 1.44 bits per heavy atom. The molecule has 0 aromatic rings. The van der Waals surface area contributed by atoms with Gasteiger partial charge in [0.2, 0.25) is 0 Å². The molecule has 2 N–H and O–H groups in total. The van der Waals surface area contributed by atoms with Gasteiger partial charge in [0.1, 0.15) is 5.54 Å². The molecule has 1 atom stereocenters. The molecule has 0 radical (unpaired) electrons. The normalized spacial score (nSPS) is 20.3. The first-order chi connectivity index (χ1) is 7.29. The van der Waals surface area contributed by atoms with Crippen LogP contribution in [0.25, 0.3) is 0 Å². The van der Waals surface area contributed by atoms with E-state index in [4.69, 9.17) is 10.5 Å². The van der Waals surface area contributed by atoms with Crippen LogP contribution in [0.2, 0.25) is 0 Å². The smallest absolute Gasteiger partial charge is 0.327 e. The molecule has 3 nitrogen and oxygen atoms in total. The van der Waals surface area contributed by atoms with Crippen LogP contribution in [0.5, 0.6) is 0 Å². The summed E-state index contributed by atoms with van der Waals surface area (Å²) < 4.78 is 5.23. The van der Waals surface area contributed by atoms with Crippen molar-refractivity contribution in [3.05, 3.63) is 0 Å². The van der Waals surface area contributed by atoms with Crippen LogP contribution in [-0.2, 0) is 9.53 Å². The second-order valence-electron chi connectivity index (χ2n) is 5.44. The van der Waals surface area contributed by atoms with Crippen LogP contribution in [-0.4, -0.2) is 28.6 Å². The van der Waals surface area contributed by atoms with Gasteiger partial charge >= 0.3 is 5.97 Å². The zero-order valence-electron chi connectivity index (χ0n) is 10.7. The third-order valence-corrected chi connectivity index (χ3v) is 4.19. The molecule has 1 aliphatic rings. The highest BCUT2D eigenvalue weighted by Crippen LogP contribution is 2.42. The molecule has 0 bridgehead atoms. The van der Waals surface area contributed by atoms with Crippen molar-refractivity contribution in [2.75, 3.05) is 12.4 Å². The molecule has 0 aliphatic heterocycles. The molecular weight excluding hydrogens is 222 g/mol. The second-order valence-corrected chi connectivity index (χ2v) is 7.24. The highest BCUT2D eigenvalue weighted by Gasteiger charge is 2.49. The molecular formula is C12H23NO2S. The van der Waals surface area contributed by atoms with Crippen molar-refractivity contribution in [1.29, 1.82) is 0 Å². The quantitative estimate of drug-likeness (QED) is 0.754. The minimum Gasteiger partial charge on any atom is -0.465 e. The van der Waals surface area contributed by atoms with E-state index in [1.54, 1.807) is 11.8 Å². The van der Waals surface area contributed by atoms with Gasteiger partial charge in [-0.2, -0.15) is 11.8 Å². The highest BCUT2D eigenvalue weighted by molar-refractivity contribution is 8.00. The molecule has 1 aliphatic carbocycles. The van der Waals surface area contributed by atoms with Crippen LogP contribution in [0.1, 0.15) is 40.5 Å². The largest absolute Gasteiger partial charge is 0.465 e.